The molecule has 4 N–H and O–H groups in total. The van der Waals surface area contributed by atoms with Gasteiger partial charge < -0.3 is 10.8 Å². The van der Waals surface area contributed by atoms with Crippen LogP contribution < -0.4 is 5.73 Å². The molecule has 1 rings (SSSR count). The van der Waals surface area contributed by atoms with Crippen molar-refractivity contribution < 1.29 is 18.1 Å². The first-order valence-corrected chi connectivity index (χ1v) is 5.31. The second kappa shape index (κ2) is 3.17. The van der Waals surface area contributed by atoms with Gasteiger partial charge in [-0.25, -0.2) is 0 Å². The lowest BCUT2D eigenvalue weighted by Crippen LogP contribution is -2.03. The van der Waals surface area contributed by atoms with E-state index in [1.54, 1.807) is 0 Å². The minimum Gasteiger partial charge on any atom is -0.506 e. The molecule has 0 bridgehead atoms. The Morgan fingerprint density at radius 2 is 1.92 bits per heavy atom. The molecule has 13 heavy (non-hydrogen) atoms. The van der Waals surface area contributed by atoms with Gasteiger partial charge >= 0.3 is 0 Å². The van der Waals surface area contributed by atoms with Crippen molar-refractivity contribution in [2.75, 3.05) is 5.73 Å². The third-order valence-corrected chi connectivity index (χ3v) is 2.71. The number of rotatable bonds is 1. The first kappa shape index (κ1) is 10.3. The van der Waals surface area contributed by atoms with Crippen molar-refractivity contribution in [1.29, 1.82) is 0 Å². The molecule has 0 amide bonds. The standard InChI is InChI=1S/C6H6BrNO4S/c7-3-1-4(9)6(8)5(2-3)13(10,11)12/h1-2,9H,8H2,(H,10,11,12). The highest BCUT2D eigenvalue weighted by Crippen LogP contribution is 2.31. The molecule has 1 aromatic carbocycles. The Labute approximate surface area is 83.1 Å². The lowest BCUT2D eigenvalue weighted by atomic mass is 10.3. The smallest absolute Gasteiger partial charge is 0.296 e. The quantitative estimate of drug-likeness (QED) is 0.400. The van der Waals surface area contributed by atoms with Gasteiger partial charge in [0.1, 0.15) is 10.6 Å². The zero-order chi connectivity index (χ0) is 10.2. The van der Waals surface area contributed by atoms with Gasteiger partial charge in [-0.3, -0.25) is 4.55 Å². The summed E-state index contributed by atoms with van der Waals surface area (Å²) in [7, 11) is -4.39. The molecule has 0 spiro atoms. The monoisotopic (exact) mass is 267 g/mol. The van der Waals surface area contributed by atoms with Crippen LogP contribution in [0.1, 0.15) is 0 Å². The highest BCUT2D eigenvalue weighted by molar-refractivity contribution is 9.10. The summed E-state index contributed by atoms with van der Waals surface area (Å²) >= 11 is 2.95. The summed E-state index contributed by atoms with van der Waals surface area (Å²) in [6.07, 6.45) is 0. The summed E-state index contributed by atoms with van der Waals surface area (Å²) < 4.78 is 30.4. The topological polar surface area (TPSA) is 101 Å². The molecule has 0 aromatic heterocycles. The van der Waals surface area contributed by atoms with Crippen LogP contribution in [0.2, 0.25) is 0 Å². The maximum Gasteiger partial charge on any atom is 0.296 e. The van der Waals surface area contributed by atoms with Crippen LogP contribution in [0.5, 0.6) is 5.75 Å². The van der Waals surface area contributed by atoms with E-state index in [0.717, 1.165) is 6.07 Å². The number of nitrogens with two attached hydrogens (primary N) is 1. The molecule has 0 fully saturated rings. The van der Waals surface area contributed by atoms with Gasteiger partial charge in [0, 0.05) is 4.47 Å². The largest absolute Gasteiger partial charge is 0.506 e. The van der Waals surface area contributed by atoms with Crippen LogP contribution in [0.25, 0.3) is 0 Å². The molecule has 5 nitrogen and oxygen atoms in total. The molecule has 0 aliphatic carbocycles. The molecular formula is C6H6BrNO4S. The van der Waals surface area contributed by atoms with Crippen LogP contribution in [0, 0.1) is 0 Å². The van der Waals surface area contributed by atoms with Crippen molar-refractivity contribution in [3.05, 3.63) is 16.6 Å². The Balaban J connectivity index is 3.56. The fourth-order valence-corrected chi connectivity index (χ4v) is 2.05. The Hall–Kier alpha value is -0.790. The van der Waals surface area contributed by atoms with Crippen molar-refractivity contribution in [1.82, 2.24) is 0 Å². The molecular weight excluding hydrogens is 262 g/mol. The molecule has 0 saturated carbocycles. The zero-order valence-corrected chi connectivity index (χ0v) is 8.63. The number of nitrogen functional groups attached to an aromatic ring is 1. The van der Waals surface area contributed by atoms with Gasteiger partial charge in [0.15, 0.2) is 0 Å². The fourth-order valence-electron chi connectivity index (χ4n) is 0.793. The van der Waals surface area contributed by atoms with Crippen molar-refractivity contribution in [3.63, 3.8) is 0 Å². The second-order valence-electron chi connectivity index (χ2n) is 2.31. The molecule has 72 valence electrons. The van der Waals surface area contributed by atoms with Crippen molar-refractivity contribution in [3.8, 4) is 5.75 Å². The average Bonchev–Trinajstić information content (AvgIpc) is 1.94. The molecule has 0 heterocycles. The van der Waals surface area contributed by atoms with E-state index in [1.165, 1.54) is 6.07 Å². The van der Waals surface area contributed by atoms with Crippen LogP contribution in [0.15, 0.2) is 21.5 Å². The van der Waals surface area contributed by atoms with Gasteiger partial charge in [-0.2, -0.15) is 8.42 Å². The minimum atomic E-state index is -4.39. The molecule has 0 aliphatic rings. The Kier molecular flexibility index (Phi) is 2.51. The number of halogens is 1. The van der Waals surface area contributed by atoms with Gasteiger partial charge in [-0.15, -0.1) is 0 Å². The first-order valence-electron chi connectivity index (χ1n) is 3.08. The summed E-state index contributed by atoms with van der Waals surface area (Å²) in [6, 6.07) is 2.33. The van der Waals surface area contributed by atoms with Gasteiger partial charge in [-0.05, 0) is 12.1 Å². The van der Waals surface area contributed by atoms with Crippen LogP contribution in [0.3, 0.4) is 0 Å². The van der Waals surface area contributed by atoms with E-state index >= 15 is 0 Å². The Morgan fingerprint density at radius 1 is 1.38 bits per heavy atom. The SMILES string of the molecule is Nc1c(O)cc(Br)cc1S(=O)(=O)O. The number of hydrogen-bond acceptors (Lipinski definition) is 4. The Bertz CT molecular complexity index is 442. The van der Waals surface area contributed by atoms with E-state index in [2.05, 4.69) is 15.9 Å². The summed E-state index contributed by atoms with van der Waals surface area (Å²) in [5.41, 5.74) is 4.86. The van der Waals surface area contributed by atoms with E-state index in [9.17, 15) is 8.42 Å². The van der Waals surface area contributed by atoms with Crippen LogP contribution >= 0.6 is 15.9 Å². The summed E-state index contributed by atoms with van der Waals surface area (Å²) in [4.78, 5) is -0.514. The predicted molar refractivity (Wildman–Crippen MR) is 50.0 cm³/mol. The first-order chi connectivity index (χ1) is 5.82. The molecule has 1 aromatic rings. The number of phenols is 1. The van der Waals surface area contributed by atoms with Crippen molar-refractivity contribution in [2.24, 2.45) is 0 Å². The number of phenolic OH excluding ortho intramolecular Hbond substituents is 1. The highest BCUT2D eigenvalue weighted by Gasteiger charge is 2.17. The van der Waals surface area contributed by atoms with E-state index in [1.807, 2.05) is 0 Å². The lowest BCUT2D eigenvalue weighted by Gasteiger charge is -2.04. The summed E-state index contributed by atoms with van der Waals surface area (Å²) in [5, 5.41) is 9.11. The molecule has 7 heteroatoms. The lowest BCUT2D eigenvalue weighted by molar-refractivity contribution is 0.469. The summed E-state index contributed by atoms with van der Waals surface area (Å²) in [6.45, 7) is 0. The predicted octanol–water partition coefficient (Wildman–Crippen LogP) is 0.984. The van der Waals surface area contributed by atoms with Gasteiger partial charge in [-0.1, -0.05) is 15.9 Å². The van der Waals surface area contributed by atoms with E-state index in [4.69, 9.17) is 15.4 Å². The molecule has 0 atom stereocenters. The molecule has 0 radical (unpaired) electrons. The van der Waals surface area contributed by atoms with Gasteiger partial charge in [0.2, 0.25) is 0 Å². The second-order valence-corrected chi connectivity index (χ2v) is 4.62. The van der Waals surface area contributed by atoms with E-state index in [-0.39, 0.29) is 5.69 Å². The van der Waals surface area contributed by atoms with E-state index in [0.29, 0.717) is 4.47 Å². The molecule has 0 saturated heterocycles. The van der Waals surface area contributed by atoms with Crippen LogP contribution in [0.4, 0.5) is 5.69 Å². The molecule has 0 unspecified atom stereocenters. The third-order valence-electron chi connectivity index (χ3n) is 1.36. The van der Waals surface area contributed by atoms with Gasteiger partial charge in [0.25, 0.3) is 10.1 Å². The maximum absolute atomic E-state index is 10.7. The number of aromatic hydroxyl groups is 1. The number of benzene rings is 1. The minimum absolute atomic E-state index is 0.312. The van der Waals surface area contributed by atoms with Crippen molar-refractivity contribution >= 4 is 31.7 Å². The third kappa shape index (κ3) is 2.11. The fraction of sp³-hybridized carbons (Fsp3) is 0. The Morgan fingerprint density at radius 3 is 2.38 bits per heavy atom. The number of anilines is 1. The summed E-state index contributed by atoms with van der Waals surface area (Å²) in [5.74, 6) is -0.401. The number of hydrogen-bond donors (Lipinski definition) is 3. The van der Waals surface area contributed by atoms with Crippen molar-refractivity contribution in [2.45, 2.75) is 4.90 Å². The zero-order valence-electron chi connectivity index (χ0n) is 6.23. The van der Waals surface area contributed by atoms with Gasteiger partial charge in [0.05, 0.1) is 5.69 Å². The van der Waals surface area contributed by atoms with E-state index < -0.39 is 20.8 Å². The van der Waals surface area contributed by atoms with Crippen LogP contribution in [-0.2, 0) is 10.1 Å². The maximum atomic E-state index is 10.7. The normalized spacial score (nSPS) is 11.5. The van der Waals surface area contributed by atoms with Crippen LogP contribution in [-0.4, -0.2) is 18.1 Å². The molecule has 0 aliphatic heterocycles. The highest BCUT2D eigenvalue weighted by atomic mass is 79.9. The average molecular weight is 268 g/mol.